The average molecular weight is 516 g/mol. The lowest BCUT2D eigenvalue weighted by atomic mass is 10.2. The molecule has 1 aromatic carbocycles. The van der Waals surface area contributed by atoms with Crippen molar-refractivity contribution in [2.45, 2.75) is 42.3 Å². The molecule has 1 saturated heterocycles. The van der Waals surface area contributed by atoms with E-state index >= 15 is 0 Å². The Bertz CT molecular complexity index is 1330. The SMILES string of the molecule is O=C(Cn1nc2c(c1NC(=O)c1ccc(S(=O)(=O)N3CCCC3)cc1)CSC2)NCc1ccco1. The molecule has 2 aliphatic heterocycles. The summed E-state index contributed by atoms with van der Waals surface area (Å²) in [4.78, 5) is 25.7. The zero-order valence-electron chi connectivity index (χ0n) is 18.9. The van der Waals surface area contributed by atoms with Gasteiger partial charge in [0.1, 0.15) is 18.1 Å². The maximum atomic E-state index is 13.0. The van der Waals surface area contributed by atoms with Crippen LogP contribution < -0.4 is 10.6 Å². The fourth-order valence-electron chi connectivity index (χ4n) is 4.15. The van der Waals surface area contributed by atoms with Crippen molar-refractivity contribution >= 4 is 39.4 Å². The molecule has 0 saturated carbocycles. The number of rotatable bonds is 8. The molecule has 3 aromatic rings. The summed E-state index contributed by atoms with van der Waals surface area (Å²) in [5, 5.41) is 10.2. The Morgan fingerprint density at radius 3 is 2.57 bits per heavy atom. The van der Waals surface area contributed by atoms with Gasteiger partial charge in [0.05, 0.1) is 23.4 Å². The van der Waals surface area contributed by atoms with Crippen LogP contribution in [0.25, 0.3) is 0 Å². The predicted molar refractivity (Wildman–Crippen MR) is 130 cm³/mol. The molecule has 35 heavy (non-hydrogen) atoms. The van der Waals surface area contributed by atoms with Crippen molar-refractivity contribution in [2.75, 3.05) is 18.4 Å². The summed E-state index contributed by atoms with van der Waals surface area (Å²) >= 11 is 1.69. The molecule has 4 heterocycles. The van der Waals surface area contributed by atoms with Gasteiger partial charge in [-0.05, 0) is 49.2 Å². The number of furan rings is 1. The smallest absolute Gasteiger partial charge is 0.256 e. The standard InChI is InChI=1S/C23H25N5O5S2/c29-21(24-12-17-4-3-11-33-17)13-28-22(19-14-34-15-20(19)26-28)25-23(30)16-5-7-18(8-6-16)35(31,32)27-9-1-2-10-27/h3-8,11H,1-2,9-10,12-15H2,(H,24,29)(H,25,30). The molecule has 0 bridgehead atoms. The van der Waals surface area contributed by atoms with Crippen LogP contribution >= 0.6 is 11.8 Å². The summed E-state index contributed by atoms with van der Waals surface area (Å²) < 4.78 is 33.7. The van der Waals surface area contributed by atoms with Gasteiger partial charge in [-0.25, -0.2) is 13.1 Å². The Balaban J connectivity index is 1.29. The normalized spacial score (nSPS) is 15.8. The molecule has 0 unspecified atom stereocenters. The van der Waals surface area contributed by atoms with Crippen LogP contribution in [-0.4, -0.2) is 47.4 Å². The first-order valence-electron chi connectivity index (χ1n) is 11.3. The van der Waals surface area contributed by atoms with E-state index in [-0.39, 0.29) is 23.9 Å². The Hall–Kier alpha value is -3.09. The summed E-state index contributed by atoms with van der Waals surface area (Å²) in [6.07, 6.45) is 3.26. The lowest BCUT2D eigenvalue weighted by molar-refractivity contribution is -0.122. The van der Waals surface area contributed by atoms with Gasteiger partial charge in [0.15, 0.2) is 0 Å². The molecule has 0 aliphatic carbocycles. The number of sulfonamides is 1. The third-order valence-corrected chi connectivity index (χ3v) is 8.89. The van der Waals surface area contributed by atoms with E-state index < -0.39 is 15.9 Å². The monoisotopic (exact) mass is 515 g/mol. The Kier molecular flexibility index (Phi) is 6.67. The van der Waals surface area contributed by atoms with E-state index in [2.05, 4.69) is 15.7 Å². The van der Waals surface area contributed by atoms with Crippen molar-refractivity contribution in [3.8, 4) is 0 Å². The average Bonchev–Trinajstić information content (AvgIpc) is 3.65. The lowest BCUT2D eigenvalue weighted by Gasteiger charge is -2.15. The number of benzene rings is 1. The van der Waals surface area contributed by atoms with E-state index in [1.54, 1.807) is 30.2 Å². The predicted octanol–water partition coefficient (Wildman–Crippen LogP) is 2.58. The third kappa shape index (κ3) is 5.00. The molecule has 0 radical (unpaired) electrons. The van der Waals surface area contributed by atoms with Crippen molar-refractivity contribution < 1.29 is 22.4 Å². The molecule has 184 valence electrons. The highest BCUT2D eigenvalue weighted by Crippen LogP contribution is 2.35. The second-order valence-corrected chi connectivity index (χ2v) is 11.3. The largest absolute Gasteiger partial charge is 0.467 e. The lowest BCUT2D eigenvalue weighted by Crippen LogP contribution is -2.29. The van der Waals surface area contributed by atoms with Gasteiger partial charge in [-0.1, -0.05) is 0 Å². The summed E-state index contributed by atoms with van der Waals surface area (Å²) in [6, 6.07) is 9.45. The zero-order valence-corrected chi connectivity index (χ0v) is 20.5. The second kappa shape index (κ2) is 9.88. The molecule has 2 aliphatic rings. The number of hydrogen-bond donors (Lipinski definition) is 2. The van der Waals surface area contributed by atoms with E-state index in [0.717, 1.165) is 24.1 Å². The number of thioether (sulfide) groups is 1. The van der Waals surface area contributed by atoms with Crippen molar-refractivity contribution in [2.24, 2.45) is 0 Å². The fourth-order valence-corrected chi connectivity index (χ4v) is 6.70. The highest BCUT2D eigenvalue weighted by atomic mass is 32.2. The Morgan fingerprint density at radius 2 is 1.86 bits per heavy atom. The molecular weight excluding hydrogens is 490 g/mol. The maximum absolute atomic E-state index is 13.0. The van der Waals surface area contributed by atoms with Crippen LogP contribution in [0.1, 0.15) is 40.2 Å². The van der Waals surface area contributed by atoms with Crippen molar-refractivity contribution in [1.29, 1.82) is 0 Å². The number of hydrogen-bond acceptors (Lipinski definition) is 7. The first-order valence-corrected chi connectivity index (χ1v) is 13.9. The summed E-state index contributed by atoms with van der Waals surface area (Å²) in [5.41, 5.74) is 2.06. The van der Waals surface area contributed by atoms with Gasteiger partial charge in [0.25, 0.3) is 5.91 Å². The number of carbonyl (C=O) groups excluding carboxylic acids is 2. The van der Waals surface area contributed by atoms with Crippen molar-refractivity contribution in [1.82, 2.24) is 19.4 Å². The van der Waals surface area contributed by atoms with Crippen LogP contribution in [0.4, 0.5) is 5.82 Å². The van der Waals surface area contributed by atoms with Gasteiger partial charge in [-0.3, -0.25) is 9.59 Å². The van der Waals surface area contributed by atoms with Crippen molar-refractivity contribution in [3.63, 3.8) is 0 Å². The molecule has 12 heteroatoms. The number of fused-ring (bicyclic) bond motifs is 1. The number of amides is 2. The summed E-state index contributed by atoms with van der Waals surface area (Å²) in [5.74, 6) is 1.86. The van der Waals surface area contributed by atoms with Gasteiger partial charge in [-0.2, -0.15) is 21.2 Å². The van der Waals surface area contributed by atoms with E-state index in [1.165, 1.54) is 33.3 Å². The molecular formula is C23H25N5O5S2. The molecule has 2 N–H and O–H groups in total. The van der Waals surface area contributed by atoms with Crippen LogP contribution in [0.2, 0.25) is 0 Å². The number of nitrogens with zero attached hydrogens (tertiary/aromatic N) is 3. The molecule has 0 atom stereocenters. The minimum atomic E-state index is -3.55. The van der Waals surface area contributed by atoms with E-state index in [0.29, 0.717) is 41.7 Å². The van der Waals surface area contributed by atoms with Gasteiger partial charge >= 0.3 is 0 Å². The van der Waals surface area contributed by atoms with E-state index in [9.17, 15) is 18.0 Å². The number of aromatic nitrogens is 2. The van der Waals surface area contributed by atoms with Crippen LogP contribution in [0, 0.1) is 0 Å². The van der Waals surface area contributed by atoms with Gasteiger partial charge in [-0.15, -0.1) is 0 Å². The van der Waals surface area contributed by atoms with Gasteiger partial charge in [0.2, 0.25) is 15.9 Å². The van der Waals surface area contributed by atoms with E-state index in [1.807, 2.05) is 0 Å². The Morgan fingerprint density at radius 1 is 1.09 bits per heavy atom. The van der Waals surface area contributed by atoms with Gasteiger partial charge in [0, 0.05) is 35.7 Å². The number of carbonyl (C=O) groups is 2. The topological polar surface area (TPSA) is 127 Å². The fraction of sp³-hybridized carbons (Fsp3) is 0.348. The second-order valence-electron chi connectivity index (χ2n) is 8.37. The highest BCUT2D eigenvalue weighted by molar-refractivity contribution is 7.98. The highest BCUT2D eigenvalue weighted by Gasteiger charge is 2.28. The molecule has 5 rings (SSSR count). The van der Waals surface area contributed by atoms with Crippen LogP contribution in [0.5, 0.6) is 0 Å². The van der Waals surface area contributed by atoms with Crippen LogP contribution in [-0.2, 0) is 39.4 Å². The third-order valence-electron chi connectivity index (χ3n) is 6.00. The molecule has 2 aromatic heterocycles. The Labute approximate surface area is 207 Å². The first kappa shape index (κ1) is 23.6. The van der Waals surface area contributed by atoms with E-state index in [4.69, 9.17) is 4.42 Å². The van der Waals surface area contributed by atoms with Crippen LogP contribution in [0.15, 0.2) is 52.0 Å². The molecule has 1 fully saturated rings. The maximum Gasteiger partial charge on any atom is 0.256 e. The molecule has 0 spiro atoms. The summed E-state index contributed by atoms with van der Waals surface area (Å²) in [7, 11) is -3.55. The first-order chi connectivity index (χ1) is 16.9. The minimum absolute atomic E-state index is 0.0546. The summed E-state index contributed by atoms with van der Waals surface area (Å²) in [6.45, 7) is 1.25. The zero-order chi connectivity index (χ0) is 24.4. The molecule has 2 amide bonds. The van der Waals surface area contributed by atoms with Crippen LogP contribution in [0.3, 0.4) is 0 Å². The number of nitrogens with one attached hydrogen (secondary N) is 2. The number of anilines is 1. The minimum Gasteiger partial charge on any atom is -0.467 e. The van der Waals surface area contributed by atoms with Gasteiger partial charge < -0.3 is 15.1 Å². The molecule has 10 nitrogen and oxygen atoms in total. The van der Waals surface area contributed by atoms with Crippen molar-refractivity contribution in [3.05, 3.63) is 65.2 Å². The quantitative estimate of drug-likeness (QED) is 0.472.